The molecule has 0 bridgehead atoms. The molecule has 7 nitrogen and oxygen atoms in total. The number of pyridine rings is 2. The average molecular weight is 466 g/mol. The highest BCUT2D eigenvalue weighted by molar-refractivity contribution is 9.10. The topological polar surface area (TPSA) is 71.5 Å². The number of nitrogens with zero attached hydrogens (tertiary/aromatic N) is 3. The van der Waals surface area contributed by atoms with Crippen molar-refractivity contribution in [2.45, 2.75) is 19.3 Å². The minimum Gasteiger partial charge on any atom is -0.495 e. The fourth-order valence-corrected chi connectivity index (χ4v) is 3.09. The first-order valence-electron chi connectivity index (χ1n) is 10.0. The number of anilines is 1. The second-order valence-electron chi connectivity index (χ2n) is 6.62. The summed E-state index contributed by atoms with van der Waals surface area (Å²) in [5.74, 6) is 2.62. The lowest BCUT2D eigenvalue weighted by Crippen LogP contribution is -2.43. The van der Waals surface area contributed by atoms with Crippen LogP contribution in [0.25, 0.3) is 0 Å². The summed E-state index contributed by atoms with van der Waals surface area (Å²) in [5, 5.41) is 6.60. The predicted octanol–water partition coefficient (Wildman–Crippen LogP) is 3.11. The predicted molar refractivity (Wildman–Crippen MR) is 121 cm³/mol. The van der Waals surface area contributed by atoms with Crippen molar-refractivity contribution in [1.29, 1.82) is 0 Å². The summed E-state index contributed by atoms with van der Waals surface area (Å²) in [5.41, 5.74) is 0. The van der Waals surface area contributed by atoms with Gasteiger partial charge < -0.3 is 25.0 Å². The first-order valence-corrected chi connectivity index (χ1v) is 10.8. The lowest BCUT2D eigenvalue weighted by atomic mass is 10.2. The van der Waals surface area contributed by atoms with Gasteiger partial charge >= 0.3 is 0 Å². The van der Waals surface area contributed by atoms with E-state index in [0.717, 1.165) is 48.1 Å². The molecule has 0 atom stereocenters. The Kier molecular flexibility index (Phi) is 11.4. The van der Waals surface area contributed by atoms with E-state index in [4.69, 9.17) is 9.47 Å². The monoisotopic (exact) mass is 465 g/mol. The molecule has 2 aromatic heterocycles. The number of nitrogens with one attached hydrogen (secondary N) is 2. The smallest absolute Gasteiger partial charge is 0.137 e. The van der Waals surface area contributed by atoms with E-state index in [-0.39, 0.29) is 0 Å². The zero-order chi connectivity index (χ0) is 20.7. The van der Waals surface area contributed by atoms with Gasteiger partial charge in [0, 0.05) is 26.2 Å². The lowest BCUT2D eigenvalue weighted by molar-refractivity contribution is 0.412. The highest BCUT2D eigenvalue weighted by atomic mass is 79.9. The van der Waals surface area contributed by atoms with E-state index in [1.807, 2.05) is 24.3 Å². The zero-order valence-corrected chi connectivity index (χ0v) is 19.0. The number of piperidine rings is 1. The van der Waals surface area contributed by atoms with Crippen molar-refractivity contribution >= 4 is 21.7 Å². The molecule has 0 amide bonds. The SMILES string of the molecule is C1CCNCC1.COc1ccc(Br)nc1.COc1ccc(N2CCNCC2)nc1. The van der Waals surface area contributed by atoms with Crippen LogP contribution < -0.4 is 25.0 Å². The molecule has 29 heavy (non-hydrogen) atoms. The number of ether oxygens (including phenoxy) is 2. The van der Waals surface area contributed by atoms with Gasteiger partial charge in [-0.2, -0.15) is 0 Å². The highest BCUT2D eigenvalue weighted by Crippen LogP contribution is 2.15. The van der Waals surface area contributed by atoms with E-state index in [0.29, 0.717) is 0 Å². The molecule has 0 aromatic carbocycles. The second-order valence-corrected chi connectivity index (χ2v) is 7.44. The molecule has 0 radical (unpaired) electrons. The van der Waals surface area contributed by atoms with Crippen molar-refractivity contribution in [2.75, 3.05) is 58.4 Å². The van der Waals surface area contributed by atoms with Crippen molar-refractivity contribution in [3.8, 4) is 11.5 Å². The molecule has 4 rings (SSSR count). The maximum absolute atomic E-state index is 5.06. The van der Waals surface area contributed by atoms with Crippen LogP contribution in [0.2, 0.25) is 0 Å². The van der Waals surface area contributed by atoms with Gasteiger partial charge in [0.15, 0.2) is 0 Å². The Morgan fingerprint density at radius 1 is 0.793 bits per heavy atom. The molecular weight excluding hydrogens is 434 g/mol. The molecule has 8 heteroatoms. The summed E-state index contributed by atoms with van der Waals surface area (Å²) >= 11 is 3.21. The quantitative estimate of drug-likeness (QED) is 0.674. The van der Waals surface area contributed by atoms with Crippen molar-refractivity contribution in [3.05, 3.63) is 41.3 Å². The minimum absolute atomic E-state index is 0.776. The molecule has 2 fully saturated rings. The van der Waals surface area contributed by atoms with Gasteiger partial charge in [0.25, 0.3) is 0 Å². The largest absolute Gasteiger partial charge is 0.495 e. The third-order valence-corrected chi connectivity index (χ3v) is 5.01. The Morgan fingerprint density at radius 2 is 1.38 bits per heavy atom. The first kappa shape index (κ1) is 23.4. The summed E-state index contributed by atoms with van der Waals surface area (Å²) in [6.45, 7) is 6.63. The number of hydrogen-bond donors (Lipinski definition) is 2. The molecule has 0 spiro atoms. The van der Waals surface area contributed by atoms with E-state index in [1.54, 1.807) is 26.6 Å². The Bertz CT molecular complexity index is 648. The Hall–Kier alpha value is -1.90. The Labute approximate surface area is 182 Å². The molecule has 2 N–H and O–H groups in total. The Morgan fingerprint density at radius 3 is 1.79 bits per heavy atom. The molecule has 160 valence electrons. The minimum atomic E-state index is 0.776. The second kappa shape index (κ2) is 14.1. The van der Waals surface area contributed by atoms with Gasteiger partial charge in [-0.25, -0.2) is 9.97 Å². The van der Waals surface area contributed by atoms with Gasteiger partial charge in [-0.3, -0.25) is 0 Å². The van der Waals surface area contributed by atoms with Crippen LogP contribution in [0.3, 0.4) is 0 Å². The number of aromatic nitrogens is 2. The molecule has 0 aliphatic carbocycles. The van der Waals surface area contributed by atoms with Crippen LogP contribution in [0.1, 0.15) is 19.3 Å². The normalized spacial score (nSPS) is 15.9. The number of hydrogen-bond acceptors (Lipinski definition) is 7. The first-order chi connectivity index (χ1) is 14.2. The zero-order valence-electron chi connectivity index (χ0n) is 17.4. The number of rotatable bonds is 3. The third kappa shape index (κ3) is 9.43. The van der Waals surface area contributed by atoms with Crippen LogP contribution >= 0.6 is 15.9 Å². The van der Waals surface area contributed by atoms with E-state index < -0.39 is 0 Å². The van der Waals surface area contributed by atoms with E-state index >= 15 is 0 Å². The molecule has 4 heterocycles. The van der Waals surface area contributed by atoms with E-state index in [9.17, 15) is 0 Å². The molecule has 2 aliphatic rings. The average Bonchev–Trinajstić information content (AvgIpc) is 2.82. The number of halogens is 1. The van der Waals surface area contributed by atoms with Crippen LogP contribution in [0.4, 0.5) is 5.82 Å². The fraction of sp³-hybridized carbons (Fsp3) is 0.524. The van der Waals surface area contributed by atoms with Gasteiger partial charge in [0.1, 0.15) is 21.9 Å². The van der Waals surface area contributed by atoms with Crippen LogP contribution in [0, 0.1) is 0 Å². The highest BCUT2D eigenvalue weighted by Gasteiger charge is 2.10. The fourth-order valence-electron chi connectivity index (χ4n) is 2.86. The molecule has 2 aliphatic heterocycles. The summed E-state index contributed by atoms with van der Waals surface area (Å²) < 4.78 is 10.8. The van der Waals surface area contributed by atoms with E-state index in [1.165, 1.54) is 32.4 Å². The molecular formula is C21H32BrN5O2. The Balaban J connectivity index is 0.000000171. The van der Waals surface area contributed by atoms with Gasteiger partial charge in [0.05, 0.1) is 26.6 Å². The van der Waals surface area contributed by atoms with Crippen molar-refractivity contribution < 1.29 is 9.47 Å². The summed E-state index contributed by atoms with van der Waals surface area (Å²) in [6, 6.07) is 7.63. The lowest BCUT2D eigenvalue weighted by Gasteiger charge is -2.28. The number of piperazine rings is 1. The van der Waals surface area contributed by atoms with Crippen LogP contribution in [-0.4, -0.2) is 63.5 Å². The van der Waals surface area contributed by atoms with Crippen LogP contribution in [0.5, 0.6) is 11.5 Å². The number of methoxy groups -OCH3 is 2. The summed E-state index contributed by atoms with van der Waals surface area (Å²) in [6.07, 6.45) is 7.63. The summed E-state index contributed by atoms with van der Waals surface area (Å²) in [7, 11) is 3.27. The van der Waals surface area contributed by atoms with Gasteiger partial charge in [0.2, 0.25) is 0 Å². The van der Waals surface area contributed by atoms with Gasteiger partial charge in [-0.15, -0.1) is 0 Å². The summed E-state index contributed by atoms with van der Waals surface area (Å²) in [4.78, 5) is 10.6. The van der Waals surface area contributed by atoms with Crippen LogP contribution in [-0.2, 0) is 0 Å². The molecule has 0 saturated carbocycles. The third-order valence-electron chi connectivity index (χ3n) is 4.54. The molecule has 0 unspecified atom stereocenters. The van der Waals surface area contributed by atoms with Gasteiger partial charge in [-0.05, 0) is 66.1 Å². The van der Waals surface area contributed by atoms with Crippen molar-refractivity contribution in [1.82, 2.24) is 20.6 Å². The van der Waals surface area contributed by atoms with Crippen LogP contribution in [0.15, 0.2) is 41.3 Å². The maximum atomic E-state index is 5.06. The van der Waals surface area contributed by atoms with Crippen molar-refractivity contribution in [3.63, 3.8) is 0 Å². The van der Waals surface area contributed by atoms with Gasteiger partial charge in [-0.1, -0.05) is 6.42 Å². The molecule has 2 saturated heterocycles. The maximum Gasteiger partial charge on any atom is 0.137 e. The molecule has 2 aromatic rings. The van der Waals surface area contributed by atoms with Crippen molar-refractivity contribution in [2.24, 2.45) is 0 Å². The standard InChI is InChI=1S/C10H15N3O.C6H6BrNO.C5H11N/c1-14-9-2-3-10(12-8-9)13-6-4-11-5-7-13;1-9-5-2-3-6(7)8-4-5;1-2-4-6-5-3-1/h2-3,8,11H,4-7H2,1H3;2-4H,1H3;6H,1-5H2. The van der Waals surface area contributed by atoms with E-state index in [2.05, 4.69) is 41.4 Å².